The van der Waals surface area contributed by atoms with Crippen molar-refractivity contribution < 1.29 is 9.53 Å². The van der Waals surface area contributed by atoms with Gasteiger partial charge in [0.15, 0.2) is 5.13 Å². The number of benzene rings is 2. The normalized spacial score (nSPS) is 10.6. The quantitative estimate of drug-likeness (QED) is 0.557. The smallest absolute Gasteiger partial charge is 0.257 e. The van der Waals surface area contributed by atoms with Gasteiger partial charge in [-0.05, 0) is 43.3 Å². The summed E-state index contributed by atoms with van der Waals surface area (Å²) in [7, 11) is 1.63. The minimum Gasteiger partial charge on any atom is -0.496 e. The highest BCUT2D eigenvalue weighted by Crippen LogP contribution is 2.33. The Bertz CT molecular complexity index is 1100. The van der Waals surface area contributed by atoms with E-state index in [9.17, 15) is 4.79 Å². The van der Waals surface area contributed by atoms with Crippen molar-refractivity contribution in [2.45, 2.75) is 6.92 Å². The zero-order valence-corrected chi connectivity index (χ0v) is 16.1. The van der Waals surface area contributed by atoms with Crippen LogP contribution in [0.5, 0.6) is 5.75 Å². The number of carbonyl (C=O) groups is 1. The topological polar surface area (TPSA) is 81.9 Å². The van der Waals surface area contributed by atoms with Crippen molar-refractivity contribution in [1.82, 2.24) is 19.7 Å². The molecule has 0 aliphatic carbocycles. The lowest BCUT2D eigenvalue weighted by molar-refractivity contribution is 0.102. The summed E-state index contributed by atoms with van der Waals surface area (Å²) >= 11 is 1.37. The van der Waals surface area contributed by atoms with E-state index in [4.69, 9.17) is 4.74 Å². The molecule has 0 spiro atoms. The van der Waals surface area contributed by atoms with E-state index >= 15 is 0 Å². The molecule has 1 N–H and O–H groups in total. The molecule has 0 aliphatic rings. The van der Waals surface area contributed by atoms with Crippen LogP contribution in [-0.2, 0) is 0 Å². The van der Waals surface area contributed by atoms with Crippen molar-refractivity contribution in [2.75, 3.05) is 12.4 Å². The van der Waals surface area contributed by atoms with Crippen LogP contribution in [-0.4, -0.2) is 32.8 Å². The van der Waals surface area contributed by atoms with Gasteiger partial charge in [0.25, 0.3) is 5.91 Å². The second-order valence-electron chi connectivity index (χ2n) is 6.08. The molecule has 0 fully saturated rings. The van der Waals surface area contributed by atoms with E-state index in [-0.39, 0.29) is 5.91 Å². The third-order valence-corrected chi connectivity index (χ3v) is 4.93. The lowest BCUT2D eigenvalue weighted by Crippen LogP contribution is -2.11. The van der Waals surface area contributed by atoms with Gasteiger partial charge in [0.05, 0.1) is 18.5 Å². The zero-order valence-electron chi connectivity index (χ0n) is 15.3. The Kier molecular flexibility index (Phi) is 4.86. The fourth-order valence-electron chi connectivity index (χ4n) is 2.75. The molecule has 0 atom stereocenters. The first-order chi connectivity index (χ1) is 13.6. The van der Waals surface area contributed by atoms with Crippen LogP contribution in [0.4, 0.5) is 5.13 Å². The number of nitrogens with one attached hydrogen (secondary N) is 1. The van der Waals surface area contributed by atoms with Crippen LogP contribution in [0.3, 0.4) is 0 Å². The molecule has 0 aliphatic heterocycles. The standard InChI is InChI=1S/C20H17N5O2S/c1-13-3-8-18(27-2)16(9-13)17-10-28-20(23-17)24-19(26)14-4-6-15(7-5-14)25-12-21-11-22-25/h3-12H,1-2H3,(H,23,24,26). The Morgan fingerprint density at radius 3 is 2.71 bits per heavy atom. The van der Waals surface area contributed by atoms with E-state index < -0.39 is 0 Å². The van der Waals surface area contributed by atoms with E-state index in [1.807, 2.05) is 42.6 Å². The highest BCUT2D eigenvalue weighted by Gasteiger charge is 2.13. The minimum atomic E-state index is -0.220. The number of amides is 1. The Morgan fingerprint density at radius 1 is 1.18 bits per heavy atom. The van der Waals surface area contributed by atoms with E-state index in [1.54, 1.807) is 30.3 Å². The predicted octanol–water partition coefficient (Wildman–Crippen LogP) is 3.96. The molecule has 4 rings (SSSR count). The van der Waals surface area contributed by atoms with Crippen LogP contribution in [0.1, 0.15) is 15.9 Å². The van der Waals surface area contributed by atoms with E-state index in [2.05, 4.69) is 20.4 Å². The number of aryl methyl sites for hydroxylation is 1. The molecule has 2 aromatic heterocycles. The molecule has 140 valence electrons. The maximum atomic E-state index is 12.5. The average molecular weight is 391 g/mol. The van der Waals surface area contributed by atoms with Gasteiger partial charge in [0.2, 0.25) is 0 Å². The molecule has 0 radical (unpaired) electrons. The van der Waals surface area contributed by atoms with Gasteiger partial charge in [-0.2, -0.15) is 5.10 Å². The number of nitrogens with zero attached hydrogens (tertiary/aromatic N) is 4. The van der Waals surface area contributed by atoms with Crippen LogP contribution in [0, 0.1) is 6.92 Å². The minimum absolute atomic E-state index is 0.220. The van der Waals surface area contributed by atoms with Gasteiger partial charge < -0.3 is 4.74 Å². The zero-order chi connectivity index (χ0) is 19.5. The number of thiazole rings is 1. The summed E-state index contributed by atoms with van der Waals surface area (Å²) in [6, 6.07) is 13.0. The fraction of sp³-hybridized carbons (Fsp3) is 0.100. The van der Waals surface area contributed by atoms with Gasteiger partial charge in [0, 0.05) is 16.5 Å². The van der Waals surface area contributed by atoms with Crippen molar-refractivity contribution in [1.29, 1.82) is 0 Å². The van der Waals surface area contributed by atoms with Crippen LogP contribution in [0.2, 0.25) is 0 Å². The largest absolute Gasteiger partial charge is 0.496 e. The number of hydrogen-bond acceptors (Lipinski definition) is 6. The van der Waals surface area contributed by atoms with Crippen LogP contribution in [0.25, 0.3) is 16.9 Å². The lowest BCUT2D eigenvalue weighted by Gasteiger charge is -2.07. The summed E-state index contributed by atoms with van der Waals surface area (Å²) < 4.78 is 7.05. The van der Waals surface area contributed by atoms with Gasteiger partial charge in [-0.1, -0.05) is 11.6 Å². The van der Waals surface area contributed by atoms with E-state index in [1.165, 1.54) is 17.7 Å². The highest BCUT2D eigenvalue weighted by atomic mass is 32.1. The first-order valence-electron chi connectivity index (χ1n) is 8.51. The summed E-state index contributed by atoms with van der Waals surface area (Å²) in [6.45, 7) is 2.01. The SMILES string of the molecule is COc1ccc(C)cc1-c1csc(NC(=O)c2ccc(-n3cncn3)cc2)n1. The first-order valence-corrected chi connectivity index (χ1v) is 9.39. The van der Waals surface area contributed by atoms with Gasteiger partial charge >= 0.3 is 0 Å². The van der Waals surface area contributed by atoms with Crippen molar-refractivity contribution in [3.05, 3.63) is 71.6 Å². The predicted molar refractivity (Wildman–Crippen MR) is 108 cm³/mol. The van der Waals surface area contributed by atoms with Crippen molar-refractivity contribution in [2.24, 2.45) is 0 Å². The van der Waals surface area contributed by atoms with E-state index in [0.29, 0.717) is 10.7 Å². The molecule has 0 saturated carbocycles. The molecule has 2 aromatic carbocycles. The monoisotopic (exact) mass is 391 g/mol. The van der Waals surface area contributed by atoms with E-state index in [0.717, 1.165) is 28.3 Å². The molecule has 7 nitrogen and oxygen atoms in total. The van der Waals surface area contributed by atoms with Crippen molar-refractivity contribution in [3.8, 4) is 22.7 Å². The summed E-state index contributed by atoms with van der Waals surface area (Å²) in [5, 5.41) is 9.35. The Labute approximate surface area is 165 Å². The summed E-state index contributed by atoms with van der Waals surface area (Å²) in [5.41, 5.74) is 4.14. The van der Waals surface area contributed by atoms with Gasteiger partial charge in [-0.15, -0.1) is 11.3 Å². The number of rotatable bonds is 5. The summed E-state index contributed by atoms with van der Waals surface area (Å²) in [5.74, 6) is 0.528. The Hall–Kier alpha value is -3.52. The number of aromatic nitrogens is 4. The molecule has 28 heavy (non-hydrogen) atoms. The number of hydrogen-bond donors (Lipinski definition) is 1. The van der Waals surface area contributed by atoms with Crippen LogP contribution >= 0.6 is 11.3 Å². The van der Waals surface area contributed by atoms with Crippen molar-refractivity contribution >= 4 is 22.4 Å². The second-order valence-corrected chi connectivity index (χ2v) is 6.94. The second kappa shape index (κ2) is 7.61. The number of methoxy groups -OCH3 is 1. The first kappa shape index (κ1) is 17.9. The molecule has 1 amide bonds. The fourth-order valence-corrected chi connectivity index (χ4v) is 3.46. The Morgan fingerprint density at radius 2 is 2.00 bits per heavy atom. The maximum Gasteiger partial charge on any atom is 0.257 e. The molecular formula is C20H17N5O2S. The molecule has 8 heteroatoms. The average Bonchev–Trinajstić information content (AvgIpc) is 3.40. The number of carbonyl (C=O) groups excluding carboxylic acids is 1. The van der Waals surface area contributed by atoms with Crippen LogP contribution in [0.15, 0.2) is 60.5 Å². The van der Waals surface area contributed by atoms with Crippen LogP contribution < -0.4 is 10.1 Å². The summed E-state index contributed by atoms with van der Waals surface area (Å²) in [6.07, 6.45) is 3.07. The lowest BCUT2D eigenvalue weighted by atomic mass is 10.1. The molecule has 0 bridgehead atoms. The van der Waals surface area contributed by atoms with Crippen molar-refractivity contribution in [3.63, 3.8) is 0 Å². The third-order valence-electron chi connectivity index (χ3n) is 4.17. The number of ether oxygens (including phenoxy) is 1. The van der Waals surface area contributed by atoms with Gasteiger partial charge in [-0.3, -0.25) is 10.1 Å². The molecule has 2 heterocycles. The van der Waals surface area contributed by atoms with Gasteiger partial charge in [0.1, 0.15) is 18.4 Å². The molecular weight excluding hydrogens is 374 g/mol. The Balaban J connectivity index is 1.51. The molecule has 0 saturated heterocycles. The maximum absolute atomic E-state index is 12.5. The number of anilines is 1. The highest BCUT2D eigenvalue weighted by molar-refractivity contribution is 7.14. The molecule has 0 unspecified atom stereocenters. The summed E-state index contributed by atoms with van der Waals surface area (Å²) in [4.78, 5) is 21.0. The van der Waals surface area contributed by atoms with Gasteiger partial charge in [-0.25, -0.2) is 14.6 Å². The molecule has 4 aromatic rings. The third kappa shape index (κ3) is 3.63.